The molecule has 4 aliphatic rings. The normalized spacial score (nSPS) is 16.5. The topological polar surface area (TPSA) is 8.17 Å². The largest absolute Gasteiger partial charge is 0.313 e. The quantitative estimate of drug-likeness (QED) is 0.167. The van der Waals surface area contributed by atoms with E-state index in [2.05, 4.69) is 195 Å². The highest BCUT2D eigenvalue weighted by molar-refractivity contribution is 5.96. The second kappa shape index (κ2) is 13.0. The van der Waals surface area contributed by atoms with Crippen LogP contribution in [-0.4, -0.2) is 4.57 Å². The molecule has 2 heteroatoms. The second-order valence-corrected chi connectivity index (χ2v) is 16.2. The van der Waals surface area contributed by atoms with E-state index in [1.165, 1.54) is 89.3 Å². The van der Waals surface area contributed by atoms with E-state index in [1.807, 2.05) is 0 Å². The highest BCUT2D eigenvalue weighted by Gasteiger charge is 2.38. The van der Waals surface area contributed by atoms with Gasteiger partial charge in [0.05, 0.1) is 5.52 Å². The Kier molecular flexibility index (Phi) is 7.92. The van der Waals surface area contributed by atoms with E-state index in [1.54, 1.807) is 5.57 Å². The van der Waals surface area contributed by atoms with Gasteiger partial charge in [0.1, 0.15) is 0 Å². The lowest BCUT2D eigenvalue weighted by molar-refractivity contribution is 0.627. The summed E-state index contributed by atoms with van der Waals surface area (Å²) in [7, 11) is 0. The van der Waals surface area contributed by atoms with E-state index >= 15 is 0 Å². The van der Waals surface area contributed by atoms with Crippen LogP contribution in [0.5, 0.6) is 0 Å². The van der Waals surface area contributed by atoms with Crippen LogP contribution >= 0.6 is 0 Å². The van der Waals surface area contributed by atoms with Gasteiger partial charge in [0, 0.05) is 44.8 Å². The standard InChI is InChI=1S/C53H46N2/c1-35-30-36(2)32-44(31-35)55-51-19-9-8-16-47(51)48-33-40(23-29-52(48)55)38-14-10-15-41(24-20-38)54(42-25-21-39(22-26-42)37-12-6-5-7-13-37)43-27-28-46-45-17-11-18-49(45)53(3,4)50(46)34-43/h5-8,11-17,20-34H,9-10,18-19H2,1-4H3. The molecule has 5 aromatic carbocycles. The Balaban J connectivity index is 1.03. The predicted molar refractivity (Wildman–Crippen MR) is 234 cm³/mol. The number of anilines is 2. The highest BCUT2D eigenvalue weighted by atomic mass is 15.1. The van der Waals surface area contributed by atoms with Crippen LogP contribution in [0.4, 0.5) is 11.4 Å². The first-order chi connectivity index (χ1) is 26.8. The van der Waals surface area contributed by atoms with Gasteiger partial charge in [-0.3, -0.25) is 0 Å². The van der Waals surface area contributed by atoms with Crippen molar-refractivity contribution < 1.29 is 0 Å². The molecule has 1 aromatic heterocycles. The fourth-order valence-electron chi connectivity index (χ4n) is 9.59. The third kappa shape index (κ3) is 5.62. The lowest BCUT2D eigenvalue weighted by Gasteiger charge is -2.29. The fourth-order valence-corrected chi connectivity index (χ4v) is 9.59. The zero-order chi connectivity index (χ0) is 37.3. The summed E-state index contributed by atoms with van der Waals surface area (Å²) < 4.78 is 2.51. The Morgan fingerprint density at radius 1 is 0.655 bits per heavy atom. The minimum Gasteiger partial charge on any atom is -0.313 e. The molecule has 4 aliphatic carbocycles. The number of fused-ring (bicyclic) bond motifs is 5. The first-order valence-electron chi connectivity index (χ1n) is 19.9. The van der Waals surface area contributed by atoms with Gasteiger partial charge in [0.15, 0.2) is 0 Å². The van der Waals surface area contributed by atoms with Crippen molar-refractivity contribution in [2.75, 3.05) is 4.90 Å². The number of nitrogens with zero attached hydrogens (tertiary/aromatic N) is 2. The first-order valence-corrected chi connectivity index (χ1v) is 19.9. The summed E-state index contributed by atoms with van der Waals surface area (Å²) in [6, 6.07) is 40.9. The Bertz CT molecular complexity index is 2700. The Morgan fingerprint density at radius 3 is 2.24 bits per heavy atom. The van der Waals surface area contributed by atoms with Gasteiger partial charge in [-0.2, -0.15) is 0 Å². The lowest BCUT2D eigenvalue weighted by Crippen LogP contribution is -2.19. The maximum Gasteiger partial charge on any atom is 0.0538 e. The second-order valence-electron chi connectivity index (χ2n) is 16.2. The number of hydrogen-bond donors (Lipinski definition) is 0. The molecule has 0 atom stereocenters. The van der Waals surface area contributed by atoms with Gasteiger partial charge in [-0.05, 0) is 150 Å². The molecule has 6 aromatic rings. The van der Waals surface area contributed by atoms with E-state index in [-0.39, 0.29) is 5.41 Å². The number of aromatic nitrogens is 1. The summed E-state index contributed by atoms with van der Waals surface area (Å²) in [5.41, 5.74) is 22.2. The van der Waals surface area contributed by atoms with Crippen LogP contribution < -0.4 is 4.90 Å². The molecular formula is C53H46N2. The smallest absolute Gasteiger partial charge is 0.0538 e. The van der Waals surface area contributed by atoms with Gasteiger partial charge in [-0.1, -0.05) is 117 Å². The zero-order valence-corrected chi connectivity index (χ0v) is 32.2. The average Bonchev–Trinajstić information content (AvgIpc) is 3.81. The van der Waals surface area contributed by atoms with Crippen molar-refractivity contribution in [3.05, 3.63) is 202 Å². The van der Waals surface area contributed by atoms with Gasteiger partial charge < -0.3 is 9.47 Å². The molecule has 0 unspecified atom stereocenters. The van der Waals surface area contributed by atoms with Crippen molar-refractivity contribution in [1.29, 1.82) is 0 Å². The zero-order valence-electron chi connectivity index (χ0n) is 32.2. The van der Waals surface area contributed by atoms with Gasteiger partial charge in [0.25, 0.3) is 0 Å². The van der Waals surface area contributed by atoms with Crippen molar-refractivity contribution in [2.24, 2.45) is 0 Å². The van der Waals surface area contributed by atoms with Crippen molar-refractivity contribution in [1.82, 2.24) is 4.57 Å². The van der Waals surface area contributed by atoms with Crippen molar-refractivity contribution in [3.63, 3.8) is 0 Å². The molecule has 10 rings (SSSR count). The summed E-state index contributed by atoms with van der Waals surface area (Å²) in [5.74, 6) is 0. The predicted octanol–water partition coefficient (Wildman–Crippen LogP) is 13.9. The minimum atomic E-state index is -0.000439. The average molecular weight is 711 g/mol. The Morgan fingerprint density at radius 2 is 1.42 bits per heavy atom. The molecule has 268 valence electrons. The molecule has 1 heterocycles. The van der Waals surface area contributed by atoms with Gasteiger partial charge >= 0.3 is 0 Å². The molecule has 0 saturated heterocycles. The molecule has 0 fully saturated rings. The van der Waals surface area contributed by atoms with Crippen LogP contribution in [-0.2, 0) is 11.8 Å². The number of allylic oxidation sites excluding steroid dienone is 10. The molecule has 0 N–H and O–H groups in total. The number of hydrogen-bond acceptors (Lipinski definition) is 1. The highest BCUT2D eigenvalue weighted by Crippen LogP contribution is 2.52. The molecule has 0 radical (unpaired) electrons. The van der Waals surface area contributed by atoms with Crippen molar-refractivity contribution >= 4 is 39.5 Å². The maximum absolute atomic E-state index is 2.51. The minimum absolute atomic E-state index is 0.000439. The van der Waals surface area contributed by atoms with Crippen LogP contribution in [0.25, 0.3) is 44.9 Å². The monoisotopic (exact) mass is 710 g/mol. The van der Waals surface area contributed by atoms with Gasteiger partial charge in [-0.25, -0.2) is 0 Å². The molecule has 0 spiro atoms. The first kappa shape index (κ1) is 33.4. The third-order valence-corrected chi connectivity index (χ3v) is 12.2. The molecular weight excluding hydrogens is 665 g/mol. The third-order valence-electron chi connectivity index (χ3n) is 12.2. The van der Waals surface area contributed by atoms with Crippen molar-refractivity contribution in [2.45, 2.75) is 58.8 Å². The molecule has 2 nitrogen and oxygen atoms in total. The summed E-state index contributed by atoms with van der Waals surface area (Å²) in [6.45, 7) is 9.19. The van der Waals surface area contributed by atoms with E-state index in [9.17, 15) is 0 Å². The fraction of sp³-hybridized carbons (Fsp3) is 0.170. The van der Waals surface area contributed by atoms with Crippen LogP contribution in [0.2, 0.25) is 0 Å². The molecule has 0 saturated carbocycles. The summed E-state index contributed by atoms with van der Waals surface area (Å²) in [4.78, 5) is 2.45. The number of aryl methyl sites for hydroxylation is 2. The van der Waals surface area contributed by atoms with E-state index in [4.69, 9.17) is 0 Å². The summed E-state index contributed by atoms with van der Waals surface area (Å²) in [5, 5.41) is 1.32. The number of benzene rings is 5. The maximum atomic E-state index is 2.51. The molecule has 0 aliphatic heterocycles. The number of rotatable bonds is 6. The van der Waals surface area contributed by atoms with Crippen LogP contribution in [0.15, 0.2) is 163 Å². The van der Waals surface area contributed by atoms with Crippen LogP contribution in [0.3, 0.4) is 0 Å². The van der Waals surface area contributed by atoms with Gasteiger partial charge in [0.2, 0.25) is 0 Å². The Labute approximate surface area is 325 Å². The van der Waals surface area contributed by atoms with E-state index in [0.717, 1.165) is 31.4 Å². The summed E-state index contributed by atoms with van der Waals surface area (Å²) >= 11 is 0. The molecule has 0 bridgehead atoms. The Hall–Kier alpha value is -6.12. The van der Waals surface area contributed by atoms with E-state index in [0.29, 0.717) is 0 Å². The van der Waals surface area contributed by atoms with E-state index < -0.39 is 0 Å². The van der Waals surface area contributed by atoms with Gasteiger partial charge in [-0.15, -0.1) is 0 Å². The summed E-state index contributed by atoms with van der Waals surface area (Å²) in [6.07, 6.45) is 22.8. The molecule has 55 heavy (non-hydrogen) atoms. The van der Waals surface area contributed by atoms with Crippen LogP contribution in [0.1, 0.15) is 72.2 Å². The van der Waals surface area contributed by atoms with Crippen molar-refractivity contribution in [3.8, 4) is 16.8 Å². The SMILES string of the molecule is Cc1cc(C)cc(-n2c3c(c4cc(C5=CCC=C(N(c6ccc(-c7ccccc7)cc6)c6ccc7c(c6)C(C)(C)C6=C7C=CC6)C=C5)ccc42)C=CCC3)c1. The van der Waals surface area contributed by atoms with Crippen LogP contribution in [0, 0.1) is 13.8 Å². The molecule has 0 amide bonds. The lowest BCUT2D eigenvalue weighted by atomic mass is 9.80.